The molecule has 1 aliphatic heterocycles. The van der Waals surface area contributed by atoms with E-state index in [1.807, 2.05) is 44.2 Å². The molecule has 0 aliphatic carbocycles. The molecule has 33 heavy (non-hydrogen) atoms. The number of nitrogens with zero attached hydrogens (tertiary/aromatic N) is 1. The van der Waals surface area contributed by atoms with Gasteiger partial charge in [0.15, 0.2) is 11.5 Å². The molecular weight excluding hydrogens is 440 g/mol. The Morgan fingerprint density at radius 3 is 2.45 bits per heavy atom. The van der Waals surface area contributed by atoms with Crippen molar-refractivity contribution < 1.29 is 22.7 Å². The molecule has 7 nitrogen and oxygen atoms in total. The van der Waals surface area contributed by atoms with E-state index in [4.69, 9.17) is 9.47 Å². The van der Waals surface area contributed by atoms with E-state index in [0.29, 0.717) is 23.8 Å². The number of hydrogen-bond donors (Lipinski definition) is 1. The van der Waals surface area contributed by atoms with Crippen molar-refractivity contribution in [2.75, 3.05) is 24.0 Å². The summed E-state index contributed by atoms with van der Waals surface area (Å²) in [4.78, 5) is 13.0. The van der Waals surface area contributed by atoms with Gasteiger partial charge < -0.3 is 14.8 Å². The van der Waals surface area contributed by atoms with Crippen molar-refractivity contribution in [1.82, 2.24) is 5.32 Å². The number of carbonyl (C=O) groups is 1. The molecule has 0 fully saturated rings. The first-order valence-corrected chi connectivity index (χ1v) is 12.1. The van der Waals surface area contributed by atoms with Gasteiger partial charge in [-0.05, 0) is 55.3 Å². The van der Waals surface area contributed by atoms with E-state index in [-0.39, 0.29) is 24.1 Å². The van der Waals surface area contributed by atoms with Crippen LogP contribution >= 0.6 is 0 Å². The van der Waals surface area contributed by atoms with Crippen molar-refractivity contribution in [3.63, 3.8) is 0 Å². The van der Waals surface area contributed by atoms with Crippen LogP contribution in [0.4, 0.5) is 5.69 Å². The Kier molecular flexibility index (Phi) is 6.55. The van der Waals surface area contributed by atoms with Crippen molar-refractivity contribution in [2.24, 2.45) is 0 Å². The lowest BCUT2D eigenvalue weighted by atomic mass is 10.1. The molecule has 3 aromatic carbocycles. The van der Waals surface area contributed by atoms with Gasteiger partial charge >= 0.3 is 0 Å². The number of sulfonamides is 1. The molecule has 4 rings (SSSR count). The molecular formula is C25H26N2O5S. The Hall–Kier alpha value is -3.52. The molecule has 1 amide bonds. The van der Waals surface area contributed by atoms with Crippen LogP contribution in [0.5, 0.6) is 11.5 Å². The van der Waals surface area contributed by atoms with Crippen molar-refractivity contribution in [2.45, 2.75) is 24.8 Å². The minimum absolute atomic E-state index is 0.124. The molecule has 1 atom stereocenters. The number of fused-ring (bicyclic) bond motifs is 1. The maximum atomic E-state index is 13.5. The first kappa shape index (κ1) is 22.7. The molecule has 0 saturated carbocycles. The number of benzene rings is 3. The molecule has 172 valence electrons. The van der Waals surface area contributed by atoms with Crippen molar-refractivity contribution in [3.05, 3.63) is 83.9 Å². The molecule has 8 heteroatoms. The second-order valence-electron chi connectivity index (χ2n) is 7.92. The van der Waals surface area contributed by atoms with Crippen molar-refractivity contribution >= 4 is 21.6 Å². The fourth-order valence-corrected chi connectivity index (χ4v) is 5.08. The largest absolute Gasteiger partial charge is 0.486 e. The Balaban J connectivity index is 1.52. The highest BCUT2D eigenvalue weighted by atomic mass is 32.2. The number of nitrogens with one attached hydrogen (secondary N) is 1. The first-order chi connectivity index (χ1) is 15.8. The van der Waals surface area contributed by atoms with Gasteiger partial charge in [0, 0.05) is 0 Å². The molecule has 0 radical (unpaired) electrons. The van der Waals surface area contributed by atoms with Gasteiger partial charge in [-0.3, -0.25) is 9.10 Å². The predicted octanol–water partition coefficient (Wildman–Crippen LogP) is 3.45. The zero-order valence-corrected chi connectivity index (χ0v) is 19.3. The SMILES string of the molecule is Cc1ccc(C)c(N(CC(=O)NC[C@@H]2COc3ccccc3O2)S(=O)(=O)c2ccccc2)c1. The molecule has 0 saturated heterocycles. The fourth-order valence-electron chi connectivity index (χ4n) is 3.59. The molecule has 0 bridgehead atoms. The molecule has 0 aromatic heterocycles. The topological polar surface area (TPSA) is 84.9 Å². The molecule has 0 unspecified atom stereocenters. The molecule has 0 spiro atoms. The summed E-state index contributed by atoms with van der Waals surface area (Å²) in [5.74, 6) is 0.847. The molecule has 1 N–H and O–H groups in total. The van der Waals surface area contributed by atoms with E-state index in [9.17, 15) is 13.2 Å². The maximum Gasteiger partial charge on any atom is 0.264 e. The lowest BCUT2D eigenvalue weighted by Crippen LogP contribution is -2.45. The minimum Gasteiger partial charge on any atom is -0.486 e. The van der Waals surface area contributed by atoms with Crippen LogP contribution in [0.1, 0.15) is 11.1 Å². The van der Waals surface area contributed by atoms with Crippen LogP contribution in [0.3, 0.4) is 0 Å². The summed E-state index contributed by atoms with van der Waals surface area (Å²) in [6.45, 7) is 3.84. The second kappa shape index (κ2) is 9.54. The first-order valence-electron chi connectivity index (χ1n) is 10.6. The zero-order valence-electron chi connectivity index (χ0n) is 18.5. The third-order valence-electron chi connectivity index (χ3n) is 5.35. The number of aryl methyl sites for hydroxylation is 2. The Labute approximate surface area is 194 Å². The van der Waals surface area contributed by atoms with Gasteiger partial charge in [-0.25, -0.2) is 8.42 Å². The number of amides is 1. The van der Waals surface area contributed by atoms with Gasteiger partial charge in [-0.1, -0.05) is 42.5 Å². The summed E-state index contributed by atoms with van der Waals surface area (Å²) in [5, 5.41) is 2.79. The van der Waals surface area contributed by atoms with Crippen LogP contribution in [-0.4, -0.2) is 40.1 Å². The van der Waals surface area contributed by atoms with Crippen LogP contribution in [0.25, 0.3) is 0 Å². The van der Waals surface area contributed by atoms with Crippen LogP contribution in [0.2, 0.25) is 0 Å². The Bertz CT molecular complexity index is 1240. The number of carbonyl (C=O) groups excluding carboxylic acids is 1. The van der Waals surface area contributed by atoms with E-state index in [1.165, 1.54) is 12.1 Å². The zero-order chi connectivity index (χ0) is 23.4. The third-order valence-corrected chi connectivity index (χ3v) is 7.12. The van der Waals surface area contributed by atoms with Gasteiger partial charge in [0.25, 0.3) is 10.0 Å². The maximum absolute atomic E-state index is 13.5. The fraction of sp³-hybridized carbons (Fsp3) is 0.240. The van der Waals surface area contributed by atoms with Gasteiger partial charge in [0.05, 0.1) is 17.1 Å². The highest BCUT2D eigenvalue weighted by molar-refractivity contribution is 7.92. The average molecular weight is 467 g/mol. The van der Waals surface area contributed by atoms with Gasteiger partial charge in [-0.15, -0.1) is 0 Å². The van der Waals surface area contributed by atoms with Crippen LogP contribution in [-0.2, 0) is 14.8 Å². The quantitative estimate of drug-likeness (QED) is 0.577. The van der Waals surface area contributed by atoms with Crippen LogP contribution < -0.4 is 19.1 Å². The van der Waals surface area contributed by atoms with E-state index < -0.39 is 15.9 Å². The summed E-state index contributed by atoms with van der Waals surface area (Å²) in [6.07, 6.45) is -0.372. The Morgan fingerprint density at radius 1 is 1.00 bits per heavy atom. The smallest absolute Gasteiger partial charge is 0.264 e. The summed E-state index contributed by atoms with van der Waals surface area (Å²) < 4.78 is 39.7. The van der Waals surface area contributed by atoms with Crippen molar-refractivity contribution in [1.29, 1.82) is 0 Å². The van der Waals surface area contributed by atoms with E-state index in [1.54, 1.807) is 30.3 Å². The monoisotopic (exact) mass is 466 g/mol. The van der Waals surface area contributed by atoms with E-state index in [2.05, 4.69) is 5.32 Å². The third kappa shape index (κ3) is 5.12. The number of hydrogen-bond acceptors (Lipinski definition) is 5. The van der Waals surface area contributed by atoms with Gasteiger partial charge in [0.1, 0.15) is 19.3 Å². The predicted molar refractivity (Wildman–Crippen MR) is 126 cm³/mol. The highest BCUT2D eigenvalue weighted by Gasteiger charge is 2.29. The summed E-state index contributed by atoms with van der Waals surface area (Å²) in [6, 6.07) is 21.0. The van der Waals surface area contributed by atoms with Gasteiger partial charge in [-0.2, -0.15) is 0 Å². The van der Waals surface area contributed by atoms with E-state index in [0.717, 1.165) is 15.4 Å². The normalized spacial score (nSPS) is 15.0. The molecule has 3 aromatic rings. The number of rotatable bonds is 7. The molecule has 1 aliphatic rings. The highest BCUT2D eigenvalue weighted by Crippen LogP contribution is 2.31. The number of para-hydroxylation sites is 2. The summed E-state index contributed by atoms with van der Waals surface area (Å²) in [7, 11) is -3.96. The average Bonchev–Trinajstić information content (AvgIpc) is 2.83. The minimum atomic E-state index is -3.96. The van der Waals surface area contributed by atoms with Crippen molar-refractivity contribution in [3.8, 4) is 11.5 Å². The standard InChI is InChI=1S/C25H26N2O5S/c1-18-12-13-19(2)22(14-18)27(33(29,30)21-8-4-3-5-9-21)16-25(28)26-15-20-17-31-23-10-6-7-11-24(23)32-20/h3-14,20H,15-17H2,1-2H3,(H,26,28)/t20-/m1/s1. The molecule has 1 heterocycles. The number of ether oxygens (including phenoxy) is 2. The Morgan fingerprint density at radius 2 is 1.70 bits per heavy atom. The van der Waals surface area contributed by atoms with E-state index >= 15 is 0 Å². The lowest BCUT2D eigenvalue weighted by molar-refractivity contribution is -0.120. The van der Waals surface area contributed by atoms with Crippen LogP contribution in [0, 0.1) is 13.8 Å². The second-order valence-corrected chi connectivity index (χ2v) is 9.78. The summed E-state index contributed by atoms with van der Waals surface area (Å²) >= 11 is 0. The summed E-state index contributed by atoms with van der Waals surface area (Å²) in [5.41, 5.74) is 2.13. The lowest BCUT2D eigenvalue weighted by Gasteiger charge is -2.28. The number of anilines is 1. The van der Waals surface area contributed by atoms with Gasteiger partial charge in [0.2, 0.25) is 5.91 Å². The van der Waals surface area contributed by atoms with Crippen LogP contribution in [0.15, 0.2) is 77.7 Å².